The van der Waals surface area contributed by atoms with Gasteiger partial charge in [-0.05, 0) is 30.2 Å². The summed E-state index contributed by atoms with van der Waals surface area (Å²) in [6.07, 6.45) is 0.645. The number of rotatable bonds is 4. The van der Waals surface area contributed by atoms with Crippen LogP contribution in [0.3, 0.4) is 0 Å². The van der Waals surface area contributed by atoms with Crippen molar-refractivity contribution in [3.63, 3.8) is 0 Å². The van der Waals surface area contributed by atoms with E-state index in [2.05, 4.69) is 10.3 Å². The van der Waals surface area contributed by atoms with Crippen LogP contribution in [0.25, 0.3) is 0 Å². The molecule has 140 valence electrons. The number of halogens is 4. The zero-order valence-corrected chi connectivity index (χ0v) is 13.8. The Morgan fingerprint density at radius 2 is 2.12 bits per heavy atom. The largest absolute Gasteiger partial charge is 0.388 e. The molecule has 0 spiro atoms. The Hall–Kier alpha value is -2.49. The average Bonchev–Trinajstić information content (AvgIpc) is 3.21. The van der Waals surface area contributed by atoms with Crippen molar-refractivity contribution < 1.29 is 27.5 Å². The second-order valence-electron chi connectivity index (χ2n) is 6.33. The number of aromatic nitrogens is 3. The Morgan fingerprint density at radius 3 is 2.77 bits per heavy atom. The molecule has 0 aliphatic carbocycles. The van der Waals surface area contributed by atoms with Crippen molar-refractivity contribution in [2.45, 2.75) is 25.1 Å². The van der Waals surface area contributed by atoms with Crippen molar-refractivity contribution >= 4 is 5.91 Å². The van der Waals surface area contributed by atoms with Gasteiger partial charge in [0, 0.05) is 13.0 Å². The van der Waals surface area contributed by atoms with E-state index in [1.807, 2.05) is 0 Å². The normalized spacial score (nSPS) is 20.6. The molecule has 0 saturated carbocycles. The first-order chi connectivity index (χ1) is 12.1. The standard InChI is InChI=1S/C16H16F4N4O2/c1-10-4-11(6-12(17)5-10)15(18)2-3-23(8-15)14(26)13-7-24(22-21-13)16(19,20)9-25/h4-7,25H,2-3,8-9H2,1H3. The van der Waals surface area contributed by atoms with Gasteiger partial charge in [-0.25, -0.2) is 8.78 Å². The minimum Gasteiger partial charge on any atom is -0.388 e. The zero-order chi connectivity index (χ0) is 19.1. The second kappa shape index (κ2) is 6.35. The summed E-state index contributed by atoms with van der Waals surface area (Å²) in [5, 5.41) is 15.1. The third-order valence-electron chi connectivity index (χ3n) is 4.30. The number of carbonyl (C=O) groups is 1. The molecule has 1 saturated heterocycles. The molecule has 0 radical (unpaired) electrons. The van der Waals surface area contributed by atoms with Crippen LogP contribution in [-0.4, -0.2) is 50.6 Å². The number of likely N-dealkylation sites (tertiary alicyclic amines) is 1. The van der Waals surface area contributed by atoms with Crippen LogP contribution in [-0.2, 0) is 11.7 Å². The fourth-order valence-electron chi connectivity index (χ4n) is 2.93. The first kappa shape index (κ1) is 18.3. The molecule has 1 fully saturated rings. The van der Waals surface area contributed by atoms with E-state index < -0.39 is 35.7 Å². The fraction of sp³-hybridized carbons (Fsp3) is 0.438. The van der Waals surface area contributed by atoms with Crippen molar-refractivity contribution in [3.8, 4) is 0 Å². The lowest BCUT2D eigenvalue weighted by atomic mass is 9.93. The summed E-state index contributed by atoms with van der Waals surface area (Å²) in [5.41, 5.74) is -1.65. The van der Waals surface area contributed by atoms with Crippen LogP contribution in [0, 0.1) is 12.7 Å². The summed E-state index contributed by atoms with van der Waals surface area (Å²) in [4.78, 5) is 13.5. The SMILES string of the molecule is Cc1cc(F)cc(C2(F)CCN(C(=O)c3cn(C(F)(F)CO)nn3)C2)c1. The molecule has 2 aromatic rings. The summed E-state index contributed by atoms with van der Waals surface area (Å²) in [6, 6.07) is 0.165. The fourth-order valence-corrected chi connectivity index (χ4v) is 2.93. The molecule has 1 aliphatic heterocycles. The van der Waals surface area contributed by atoms with Gasteiger partial charge in [0.25, 0.3) is 5.91 Å². The molecule has 1 atom stereocenters. The number of aryl methyl sites for hydroxylation is 1. The number of amides is 1. The van der Waals surface area contributed by atoms with Crippen molar-refractivity contribution in [1.82, 2.24) is 19.9 Å². The molecule has 2 heterocycles. The molecule has 1 amide bonds. The highest BCUT2D eigenvalue weighted by atomic mass is 19.3. The number of nitrogens with zero attached hydrogens (tertiary/aromatic N) is 4. The van der Waals surface area contributed by atoms with Crippen LogP contribution in [0.5, 0.6) is 0 Å². The lowest BCUT2D eigenvalue weighted by Crippen LogP contribution is -2.32. The third kappa shape index (κ3) is 3.28. The predicted molar refractivity (Wildman–Crippen MR) is 81.7 cm³/mol. The van der Waals surface area contributed by atoms with Gasteiger partial charge in [-0.15, -0.1) is 5.10 Å². The summed E-state index contributed by atoms with van der Waals surface area (Å²) >= 11 is 0. The van der Waals surface area contributed by atoms with Crippen molar-refractivity contribution in [1.29, 1.82) is 0 Å². The smallest absolute Gasteiger partial charge is 0.367 e. The van der Waals surface area contributed by atoms with E-state index in [0.29, 0.717) is 11.8 Å². The molecule has 0 bridgehead atoms. The molecule has 1 aromatic carbocycles. The zero-order valence-electron chi connectivity index (χ0n) is 13.8. The first-order valence-electron chi connectivity index (χ1n) is 7.82. The summed E-state index contributed by atoms with van der Waals surface area (Å²) in [7, 11) is 0. The number of hydrogen-bond acceptors (Lipinski definition) is 4. The van der Waals surface area contributed by atoms with E-state index in [0.717, 1.165) is 11.0 Å². The molecule has 3 rings (SSSR count). The molecule has 1 N–H and O–H groups in total. The van der Waals surface area contributed by atoms with E-state index >= 15 is 4.39 Å². The average molecular weight is 372 g/mol. The molecule has 6 nitrogen and oxygen atoms in total. The van der Waals surface area contributed by atoms with Crippen LogP contribution in [0.4, 0.5) is 17.6 Å². The van der Waals surface area contributed by atoms with Gasteiger partial charge < -0.3 is 10.0 Å². The lowest BCUT2D eigenvalue weighted by molar-refractivity contribution is -0.131. The van der Waals surface area contributed by atoms with Gasteiger partial charge in [-0.3, -0.25) is 4.79 Å². The predicted octanol–water partition coefficient (Wildman–Crippen LogP) is 1.98. The molecule has 26 heavy (non-hydrogen) atoms. The highest BCUT2D eigenvalue weighted by Crippen LogP contribution is 2.37. The number of carbonyl (C=O) groups excluding carboxylic acids is 1. The van der Waals surface area contributed by atoms with Crippen molar-refractivity contribution in [3.05, 3.63) is 47.0 Å². The maximum Gasteiger partial charge on any atom is 0.367 e. The minimum absolute atomic E-state index is 0.0220. The van der Waals surface area contributed by atoms with Crippen LogP contribution < -0.4 is 0 Å². The molecule has 1 unspecified atom stereocenters. The van der Waals surface area contributed by atoms with Gasteiger partial charge in [-0.2, -0.15) is 13.5 Å². The summed E-state index contributed by atoms with van der Waals surface area (Å²) in [5.74, 6) is -1.34. The second-order valence-corrected chi connectivity index (χ2v) is 6.33. The van der Waals surface area contributed by atoms with Gasteiger partial charge >= 0.3 is 6.05 Å². The monoisotopic (exact) mass is 372 g/mol. The topological polar surface area (TPSA) is 71.2 Å². The van der Waals surface area contributed by atoms with E-state index in [4.69, 9.17) is 5.11 Å². The molecule has 1 aromatic heterocycles. The summed E-state index contributed by atoms with van der Waals surface area (Å²) < 4.78 is 55.6. The molecule has 10 heteroatoms. The maximum atomic E-state index is 15.2. The Kier molecular flexibility index (Phi) is 4.47. The lowest BCUT2D eigenvalue weighted by Gasteiger charge is -2.21. The van der Waals surface area contributed by atoms with E-state index in [1.54, 1.807) is 6.92 Å². The molecular weight excluding hydrogens is 356 g/mol. The summed E-state index contributed by atoms with van der Waals surface area (Å²) in [6.45, 7) is -0.195. The highest BCUT2D eigenvalue weighted by molar-refractivity contribution is 5.92. The van der Waals surface area contributed by atoms with Crippen LogP contribution in [0.15, 0.2) is 24.4 Å². The highest BCUT2D eigenvalue weighted by Gasteiger charge is 2.43. The van der Waals surface area contributed by atoms with Crippen molar-refractivity contribution in [2.24, 2.45) is 0 Å². The van der Waals surface area contributed by atoms with Gasteiger partial charge in [0.2, 0.25) is 0 Å². The Morgan fingerprint density at radius 1 is 1.38 bits per heavy atom. The molecule has 1 aliphatic rings. The Balaban J connectivity index is 1.79. The van der Waals surface area contributed by atoms with E-state index in [-0.39, 0.29) is 29.8 Å². The van der Waals surface area contributed by atoms with Gasteiger partial charge in [0.1, 0.15) is 12.4 Å². The Bertz CT molecular complexity index is 821. The number of benzene rings is 1. The van der Waals surface area contributed by atoms with Gasteiger partial charge in [0.05, 0.1) is 12.7 Å². The van der Waals surface area contributed by atoms with Crippen LogP contribution in [0.2, 0.25) is 0 Å². The Labute approximate surface area is 146 Å². The first-order valence-corrected chi connectivity index (χ1v) is 7.82. The number of alkyl halides is 3. The van der Waals surface area contributed by atoms with Crippen LogP contribution in [0.1, 0.15) is 28.0 Å². The minimum atomic E-state index is -3.69. The molecular formula is C16H16F4N4O2. The van der Waals surface area contributed by atoms with E-state index in [9.17, 15) is 18.0 Å². The van der Waals surface area contributed by atoms with Crippen LogP contribution >= 0.6 is 0 Å². The van der Waals surface area contributed by atoms with Gasteiger partial charge in [0.15, 0.2) is 11.4 Å². The van der Waals surface area contributed by atoms with E-state index in [1.165, 1.54) is 12.1 Å². The maximum absolute atomic E-state index is 15.2. The third-order valence-corrected chi connectivity index (χ3v) is 4.30. The number of aliphatic hydroxyl groups is 1. The quantitative estimate of drug-likeness (QED) is 0.834. The number of hydrogen-bond donors (Lipinski definition) is 1. The van der Waals surface area contributed by atoms with Gasteiger partial charge in [-0.1, -0.05) is 11.3 Å². The number of aliphatic hydroxyl groups excluding tert-OH is 1. The van der Waals surface area contributed by atoms with Crippen molar-refractivity contribution in [2.75, 3.05) is 19.7 Å².